The zero-order valence-corrected chi connectivity index (χ0v) is 18.9. The quantitative estimate of drug-likeness (QED) is 0.469. The third-order valence-electron chi connectivity index (χ3n) is 6.10. The van der Waals surface area contributed by atoms with E-state index in [9.17, 15) is 13.6 Å². The van der Waals surface area contributed by atoms with Crippen LogP contribution in [0.5, 0.6) is 0 Å². The van der Waals surface area contributed by atoms with Gasteiger partial charge in [-0.1, -0.05) is 18.2 Å². The highest BCUT2D eigenvalue weighted by Gasteiger charge is 2.22. The Balaban J connectivity index is 1.27. The van der Waals surface area contributed by atoms with E-state index in [2.05, 4.69) is 33.0 Å². The third-order valence-corrected chi connectivity index (χ3v) is 6.10. The van der Waals surface area contributed by atoms with Gasteiger partial charge in [0, 0.05) is 55.6 Å². The number of nitrogens with one attached hydrogen (secondary N) is 3. The molecule has 1 aromatic heterocycles. The normalized spacial score (nSPS) is 18.1. The lowest BCUT2D eigenvalue weighted by Gasteiger charge is -2.30. The van der Waals surface area contributed by atoms with Crippen LogP contribution in [0.2, 0.25) is 0 Å². The van der Waals surface area contributed by atoms with Gasteiger partial charge in [0.2, 0.25) is 0 Å². The van der Waals surface area contributed by atoms with Gasteiger partial charge in [0.25, 0.3) is 0 Å². The lowest BCUT2D eigenvalue weighted by atomic mass is 9.86. The predicted molar refractivity (Wildman–Crippen MR) is 129 cm³/mol. The van der Waals surface area contributed by atoms with E-state index >= 15 is 0 Å². The molecule has 0 unspecified atom stereocenters. The van der Waals surface area contributed by atoms with E-state index in [0.29, 0.717) is 18.5 Å². The van der Waals surface area contributed by atoms with E-state index in [4.69, 9.17) is 4.98 Å². The van der Waals surface area contributed by atoms with Crippen molar-refractivity contribution in [1.82, 2.24) is 10.3 Å². The van der Waals surface area contributed by atoms with Crippen LogP contribution in [0.3, 0.4) is 0 Å². The van der Waals surface area contributed by atoms with Gasteiger partial charge in [-0.05, 0) is 49.8 Å². The highest BCUT2D eigenvalue weighted by molar-refractivity contribution is 5.93. The first kappa shape index (κ1) is 22.8. The van der Waals surface area contributed by atoms with E-state index in [1.165, 1.54) is 6.07 Å². The number of hydrogen-bond acceptors (Lipinski definition) is 4. The van der Waals surface area contributed by atoms with Crippen molar-refractivity contribution in [3.8, 4) is 0 Å². The summed E-state index contributed by atoms with van der Waals surface area (Å²) in [5.74, 6) is -0.675. The number of pyridine rings is 1. The van der Waals surface area contributed by atoms with Crippen molar-refractivity contribution in [1.29, 1.82) is 0 Å². The van der Waals surface area contributed by atoms with Crippen molar-refractivity contribution in [3.63, 3.8) is 0 Å². The van der Waals surface area contributed by atoms with Crippen molar-refractivity contribution < 1.29 is 13.6 Å². The number of benzene rings is 2. The van der Waals surface area contributed by atoms with Crippen LogP contribution in [0, 0.1) is 17.6 Å². The number of nitrogens with zero attached hydrogens (tertiary/aromatic N) is 2. The van der Waals surface area contributed by atoms with E-state index in [1.54, 1.807) is 0 Å². The molecule has 0 radical (unpaired) electrons. The van der Waals surface area contributed by atoms with Crippen LogP contribution in [0.15, 0.2) is 48.5 Å². The Morgan fingerprint density at radius 3 is 2.52 bits per heavy atom. The van der Waals surface area contributed by atoms with Crippen molar-refractivity contribution in [2.45, 2.75) is 31.7 Å². The Morgan fingerprint density at radius 1 is 1.03 bits per heavy atom. The van der Waals surface area contributed by atoms with Crippen LogP contribution in [0.25, 0.3) is 10.9 Å². The van der Waals surface area contributed by atoms with Crippen LogP contribution in [-0.2, 0) is 0 Å². The molecule has 6 nitrogen and oxygen atoms in total. The Kier molecular flexibility index (Phi) is 6.91. The number of fused-ring (bicyclic) bond motifs is 1. The standard InChI is InChI=1S/C25H29F2N5O/c1-32(2)23-14-24(31-22-6-4-3-5-19(22)23)29-17-9-7-16(8-10-17)15-28-25(33)30-18-11-12-20(26)21(27)13-18/h3-6,11-14,16-17H,7-10,15H2,1-2H3,(H,29,31)(H2,28,30,33). The fourth-order valence-corrected chi connectivity index (χ4v) is 4.31. The molecule has 2 amide bonds. The first-order valence-electron chi connectivity index (χ1n) is 11.2. The van der Waals surface area contributed by atoms with Crippen molar-refractivity contribution in [2.24, 2.45) is 5.92 Å². The van der Waals surface area contributed by atoms with Crippen LogP contribution in [0.4, 0.5) is 30.8 Å². The second kappa shape index (κ2) is 10.0. The lowest BCUT2D eigenvalue weighted by molar-refractivity contribution is 0.246. The van der Waals surface area contributed by atoms with Gasteiger partial charge >= 0.3 is 6.03 Å². The number of halogens is 2. The van der Waals surface area contributed by atoms with E-state index in [-0.39, 0.29) is 5.69 Å². The van der Waals surface area contributed by atoms with Gasteiger partial charge in [-0.25, -0.2) is 18.6 Å². The summed E-state index contributed by atoms with van der Waals surface area (Å²) in [5, 5.41) is 10.1. The van der Waals surface area contributed by atoms with Crippen LogP contribution in [-0.4, -0.2) is 37.7 Å². The molecule has 1 fully saturated rings. The molecule has 3 aromatic rings. The van der Waals surface area contributed by atoms with Gasteiger partial charge in [0.05, 0.1) is 5.52 Å². The molecule has 1 aliphatic carbocycles. The Bertz CT molecular complexity index is 1130. The summed E-state index contributed by atoms with van der Waals surface area (Å²) >= 11 is 0. The van der Waals surface area contributed by atoms with Crippen LogP contribution >= 0.6 is 0 Å². The summed E-state index contributed by atoms with van der Waals surface area (Å²) in [6.07, 6.45) is 3.94. The topological polar surface area (TPSA) is 69.3 Å². The number of para-hydroxylation sites is 1. The molecule has 0 bridgehead atoms. The Hall–Kier alpha value is -3.42. The molecular weight excluding hydrogens is 424 g/mol. The molecule has 8 heteroatoms. The highest BCUT2D eigenvalue weighted by atomic mass is 19.2. The molecule has 1 heterocycles. The van der Waals surface area contributed by atoms with Gasteiger partial charge in [0.1, 0.15) is 5.82 Å². The van der Waals surface area contributed by atoms with Crippen LogP contribution < -0.4 is 20.9 Å². The van der Waals surface area contributed by atoms with Crippen LogP contribution in [0.1, 0.15) is 25.7 Å². The number of aromatic nitrogens is 1. The molecular formula is C25H29F2N5O. The minimum absolute atomic E-state index is 0.222. The number of rotatable bonds is 6. The largest absolute Gasteiger partial charge is 0.377 e. The summed E-state index contributed by atoms with van der Waals surface area (Å²) in [6.45, 7) is 0.543. The van der Waals surface area contributed by atoms with Crippen molar-refractivity contribution in [3.05, 3.63) is 60.2 Å². The molecule has 0 saturated heterocycles. The maximum atomic E-state index is 13.3. The molecule has 3 N–H and O–H groups in total. The first-order valence-corrected chi connectivity index (χ1v) is 11.2. The molecule has 0 spiro atoms. The number of urea groups is 1. The summed E-state index contributed by atoms with van der Waals surface area (Å²) in [4.78, 5) is 19.0. The predicted octanol–water partition coefficient (Wildman–Crippen LogP) is 5.37. The molecule has 2 aromatic carbocycles. The minimum Gasteiger partial charge on any atom is -0.377 e. The number of hydrogen-bond donors (Lipinski definition) is 3. The lowest BCUT2D eigenvalue weighted by Crippen LogP contribution is -2.36. The number of amides is 2. The number of carbonyl (C=O) groups excluding carboxylic acids is 1. The second-order valence-electron chi connectivity index (χ2n) is 8.76. The molecule has 0 atom stereocenters. The average Bonchev–Trinajstić information content (AvgIpc) is 2.80. The van der Waals surface area contributed by atoms with Crippen molar-refractivity contribution >= 4 is 34.1 Å². The van der Waals surface area contributed by atoms with E-state index in [0.717, 1.165) is 60.2 Å². The maximum absolute atomic E-state index is 13.3. The minimum atomic E-state index is -0.989. The SMILES string of the molecule is CN(C)c1cc(NC2CCC(CNC(=O)Nc3ccc(F)c(F)c3)CC2)nc2ccccc12. The number of anilines is 3. The smallest absolute Gasteiger partial charge is 0.319 e. The summed E-state index contributed by atoms with van der Waals surface area (Å²) < 4.78 is 26.3. The molecule has 1 saturated carbocycles. The highest BCUT2D eigenvalue weighted by Crippen LogP contribution is 2.30. The average molecular weight is 454 g/mol. The molecule has 4 rings (SSSR count). The summed E-state index contributed by atoms with van der Waals surface area (Å²) in [6, 6.07) is 13.4. The first-order chi connectivity index (χ1) is 15.9. The van der Waals surface area contributed by atoms with Gasteiger partial charge in [-0.15, -0.1) is 0 Å². The Labute approximate surface area is 192 Å². The van der Waals surface area contributed by atoms with E-state index < -0.39 is 17.7 Å². The molecule has 1 aliphatic rings. The molecule has 33 heavy (non-hydrogen) atoms. The zero-order chi connectivity index (χ0) is 23.4. The van der Waals surface area contributed by atoms with Crippen molar-refractivity contribution in [2.75, 3.05) is 36.2 Å². The third kappa shape index (κ3) is 5.69. The molecule has 0 aliphatic heterocycles. The van der Waals surface area contributed by atoms with E-state index in [1.807, 2.05) is 32.3 Å². The maximum Gasteiger partial charge on any atom is 0.319 e. The molecule has 174 valence electrons. The second-order valence-corrected chi connectivity index (χ2v) is 8.76. The van der Waals surface area contributed by atoms with Gasteiger partial charge < -0.3 is 20.9 Å². The van der Waals surface area contributed by atoms with Gasteiger partial charge in [-0.2, -0.15) is 0 Å². The monoisotopic (exact) mass is 453 g/mol. The zero-order valence-electron chi connectivity index (χ0n) is 18.9. The fourth-order valence-electron chi connectivity index (χ4n) is 4.31. The van der Waals surface area contributed by atoms with Gasteiger partial charge in [-0.3, -0.25) is 0 Å². The summed E-state index contributed by atoms with van der Waals surface area (Å²) in [7, 11) is 4.07. The van der Waals surface area contributed by atoms with Gasteiger partial charge in [0.15, 0.2) is 11.6 Å². The number of carbonyl (C=O) groups is 1. The Morgan fingerprint density at radius 2 is 1.79 bits per heavy atom. The fraction of sp³-hybridized carbons (Fsp3) is 0.360. The summed E-state index contributed by atoms with van der Waals surface area (Å²) in [5.41, 5.74) is 2.32.